The smallest absolute Gasteiger partial charge is 0.408 e. The van der Waals surface area contributed by atoms with Gasteiger partial charge in [0.15, 0.2) is 5.58 Å². The van der Waals surface area contributed by atoms with Crippen molar-refractivity contribution >= 4 is 23.0 Å². The van der Waals surface area contributed by atoms with E-state index in [2.05, 4.69) is 29.2 Å². The van der Waals surface area contributed by atoms with E-state index in [4.69, 9.17) is 4.42 Å². The normalized spacial score (nSPS) is 20.7. The van der Waals surface area contributed by atoms with E-state index in [1.165, 1.54) is 17.7 Å². The van der Waals surface area contributed by atoms with Gasteiger partial charge in [-0.05, 0) is 98.9 Å². The quantitative estimate of drug-likeness (QED) is 0.437. The van der Waals surface area contributed by atoms with E-state index in [1.807, 2.05) is 24.3 Å². The first-order valence-corrected chi connectivity index (χ1v) is 11.7. The average Bonchev–Trinajstić information content (AvgIpc) is 3.13. The standard InChI is InChI=1S/C24H29FN2O2S/c1-3-4-16(2)27(30-21-12-8-19(25)9-13-21)20-10-5-17(6-11-20)18-7-14-22-23(15-18)29-24(28)26-22/h7-9,12-17,20H,3-6,10-11H2,1-2H3,(H,26,28). The molecule has 4 rings (SSSR count). The molecule has 160 valence electrons. The molecule has 4 nitrogen and oxygen atoms in total. The highest BCUT2D eigenvalue weighted by Crippen LogP contribution is 2.40. The summed E-state index contributed by atoms with van der Waals surface area (Å²) in [6, 6.07) is 13.9. The summed E-state index contributed by atoms with van der Waals surface area (Å²) in [5.41, 5.74) is 2.65. The van der Waals surface area contributed by atoms with Gasteiger partial charge in [0.05, 0.1) is 5.52 Å². The van der Waals surface area contributed by atoms with Crippen LogP contribution >= 0.6 is 11.9 Å². The van der Waals surface area contributed by atoms with Crippen LogP contribution in [0.1, 0.15) is 63.9 Å². The Morgan fingerprint density at radius 2 is 1.90 bits per heavy atom. The lowest BCUT2D eigenvalue weighted by Gasteiger charge is -2.39. The Bertz CT molecular complexity index is 1020. The van der Waals surface area contributed by atoms with E-state index in [1.54, 1.807) is 11.9 Å². The minimum atomic E-state index is -0.399. The fourth-order valence-corrected chi connectivity index (χ4v) is 5.71. The topological polar surface area (TPSA) is 49.2 Å². The monoisotopic (exact) mass is 428 g/mol. The molecule has 6 heteroatoms. The molecule has 1 unspecified atom stereocenters. The first kappa shape index (κ1) is 21.2. The van der Waals surface area contributed by atoms with Crippen molar-refractivity contribution in [2.24, 2.45) is 0 Å². The molecule has 0 spiro atoms. The van der Waals surface area contributed by atoms with Gasteiger partial charge in [-0.15, -0.1) is 0 Å². The first-order chi connectivity index (χ1) is 14.5. The molecule has 0 radical (unpaired) electrons. The lowest BCUT2D eigenvalue weighted by molar-refractivity contribution is 0.210. The average molecular weight is 429 g/mol. The van der Waals surface area contributed by atoms with Gasteiger partial charge in [-0.3, -0.25) is 4.98 Å². The Kier molecular flexibility index (Phi) is 6.64. The summed E-state index contributed by atoms with van der Waals surface area (Å²) in [7, 11) is 0. The van der Waals surface area contributed by atoms with Gasteiger partial charge in [0.2, 0.25) is 0 Å². The molecule has 0 bridgehead atoms. The summed E-state index contributed by atoms with van der Waals surface area (Å²) in [6.07, 6.45) is 6.79. The summed E-state index contributed by atoms with van der Waals surface area (Å²) < 4.78 is 21.1. The molecule has 0 aliphatic heterocycles. The van der Waals surface area contributed by atoms with Crippen molar-refractivity contribution in [3.63, 3.8) is 0 Å². The largest absolute Gasteiger partial charge is 0.417 e. The molecule has 2 aromatic carbocycles. The summed E-state index contributed by atoms with van der Waals surface area (Å²) in [6.45, 7) is 4.53. The predicted octanol–water partition coefficient (Wildman–Crippen LogP) is 6.48. The second-order valence-electron chi connectivity index (χ2n) is 8.32. The van der Waals surface area contributed by atoms with Crippen molar-refractivity contribution in [2.75, 3.05) is 0 Å². The zero-order chi connectivity index (χ0) is 21.1. The third kappa shape index (κ3) is 4.81. The van der Waals surface area contributed by atoms with E-state index in [9.17, 15) is 9.18 Å². The second-order valence-corrected chi connectivity index (χ2v) is 9.39. The van der Waals surface area contributed by atoms with Gasteiger partial charge >= 0.3 is 5.76 Å². The maximum absolute atomic E-state index is 13.3. The Labute approximate surface area is 181 Å². The van der Waals surface area contributed by atoms with Crippen molar-refractivity contribution in [3.05, 3.63) is 64.4 Å². The van der Waals surface area contributed by atoms with Crippen LogP contribution in [0.25, 0.3) is 11.1 Å². The number of hydrogen-bond acceptors (Lipinski definition) is 4. The number of nitrogens with one attached hydrogen (secondary N) is 1. The van der Waals surface area contributed by atoms with Gasteiger partial charge in [-0.2, -0.15) is 0 Å². The number of nitrogens with zero attached hydrogens (tertiary/aromatic N) is 1. The minimum absolute atomic E-state index is 0.191. The number of benzene rings is 2. The van der Waals surface area contributed by atoms with Crippen molar-refractivity contribution in [1.82, 2.24) is 9.29 Å². The van der Waals surface area contributed by atoms with E-state index in [0.29, 0.717) is 23.6 Å². The predicted molar refractivity (Wildman–Crippen MR) is 120 cm³/mol. The zero-order valence-corrected chi connectivity index (χ0v) is 18.4. The van der Waals surface area contributed by atoms with Crippen LogP contribution in [0.15, 0.2) is 56.6 Å². The van der Waals surface area contributed by atoms with Gasteiger partial charge in [-0.1, -0.05) is 19.4 Å². The molecular weight excluding hydrogens is 399 g/mol. The van der Waals surface area contributed by atoms with Gasteiger partial charge in [0.1, 0.15) is 5.82 Å². The first-order valence-electron chi connectivity index (χ1n) is 10.9. The van der Waals surface area contributed by atoms with Gasteiger partial charge in [0.25, 0.3) is 0 Å². The van der Waals surface area contributed by atoms with Crippen LogP contribution in [0.5, 0.6) is 0 Å². The number of H-pyrrole nitrogens is 1. The lowest BCUT2D eigenvalue weighted by Crippen LogP contribution is -2.38. The highest BCUT2D eigenvalue weighted by Gasteiger charge is 2.30. The van der Waals surface area contributed by atoms with Crippen molar-refractivity contribution in [3.8, 4) is 0 Å². The second kappa shape index (κ2) is 9.40. The molecule has 1 aliphatic carbocycles. The third-order valence-electron chi connectivity index (χ3n) is 6.14. The number of aromatic nitrogens is 1. The van der Waals surface area contributed by atoms with E-state index in [-0.39, 0.29) is 5.82 Å². The molecule has 1 heterocycles. The van der Waals surface area contributed by atoms with Crippen LogP contribution in [0.3, 0.4) is 0 Å². The molecule has 1 aromatic heterocycles. The van der Waals surface area contributed by atoms with E-state index < -0.39 is 5.76 Å². The number of halogens is 1. The maximum Gasteiger partial charge on any atom is 0.417 e. The Balaban J connectivity index is 1.45. The van der Waals surface area contributed by atoms with E-state index >= 15 is 0 Å². The van der Waals surface area contributed by atoms with Crippen LogP contribution in [-0.2, 0) is 0 Å². The van der Waals surface area contributed by atoms with Gasteiger partial charge < -0.3 is 4.42 Å². The highest BCUT2D eigenvalue weighted by atomic mass is 32.2. The molecule has 1 fully saturated rings. The maximum atomic E-state index is 13.3. The number of aromatic amines is 1. The van der Waals surface area contributed by atoms with Crippen LogP contribution < -0.4 is 5.76 Å². The van der Waals surface area contributed by atoms with Crippen molar-refractivity contribution < 1.29 is 8.81 Å². The third-order valence-corrected chi connectivity index (χ3v) is 7.49. The molecule has 0 saturated heterocycles. The summed E-state index contributed by atoms with van der Waals surface area (Å²) in [5.74, 6) is -0.0996. The molecule has 1 atom stereocenters. The van der Waals surface area contributed by atoms with Crippen molar-refractivity contribution in [2.45, 2.75) is 75.3 Å². The Morgan fingerprint density at radius 3 is 2.60 bits per heavy atom. The minimum Gasteiger partial charge on any atom is -0.408 e. The summed E-state index contributed by atoms with van der Waals surface area (Å²) in [4.78, 5) is 15.2. The molecular formula is C24H29FN2O2S. The Morgan fingerprint density at radius 1 is 1.17 bits per heavy atom. The molecule has 1 aliphatic rings. The number of hydrogen-bond donors (Lipinski definition) is 1. The van der Waals surface area contributed by atoms with Gasteiger partial charge in [0, 0.05) is 17.0 Å². The van der Waals surface area contributed by atoms with Crippen LogP contribution in [0.4, 0.5) is 4.39 Å². The molecule has 1 saturated carbocycles. The number of oxazole rings is 1. The number of fused-ring (bicyclic) bond motifs is 1. The highest BCUT2D eigenvalue weighted by molar-refractivity contribution is 7.97. The van der Waals surface area contributed by atoms with E-state index in [0.717, 1.165) is 48.9 Å². The van der Waals surface area contributed by atoms with Gasteiger partial charge in [-0.25, -0.2) is 13.5 Å². The molecule has 30 heavy (non-hydrogen) atoms. The molecule has 1 N–H and O–H groups in total. The van der Waals surface area contributed by atoms with Crippen LogP contribution in [-0.4, -0.2) is 21.4 Å². The SMILES string of the molecule is CCCC(C)N(Sc1ccc(F)cc1)C1CCC(c2ccc3[nH]c(=O)oc3c2)CC1. The zero-order valence-electron chi connectivity index (χ0n) is 17.6. The van der Waals surface area contributed by atoms with Crippen LogP contribution in [0, 0.1) is 5.82 Å². The number of rotatable bonds is 7. The molecule has 0 amide bonds. The Hall–Kier alpha value is -2.05. The fraction of sp³-hybridized carbons (Fsp3) is 0.458. The van der Waals surface area contributed by atoms with Crippen LogP contribution in [0.2, 0.25) is 0 Å². The summed E-state index contributed by atoms with van der Waals surface area (Å²) in [5, 5.41) is 0. The summed E-state index contributed by atoms with van der Waals surface area (Å²) >= 11 is 1.77. The fourth-order valence-electron chi connectivity index (χ4n) is 4.57. The lowest BCUT2D eigenvalue weighted by atomic mass is 9.81. The van der Waals surface area contributed by atoms with Crippen molar-refractivity contribution in [1.29, 1.82) is 0 Å². The molecule has 3 aromatic rings.